The number of nitrogens with zero attached hydrogens (tertiary/aromatic N) is 1. The van der Waals surface area contributed by atoms with Crippen molar-refractivity contribution in [2.45, 2.75) is 37.8 Å². The Labute approximate surface area is 128 Å². The first-order valence-corrected chi connectivity index (χ1v) is 9.14. The molecule has 8 heteroatoms. The molecule has 1 aromatic heterocycles. The first kappa shape index (κ1) is 16.8. The van der Waals surface area contributed by atoms with Gasteiger partial charge in [-0.1, -0.05) is 6.42 Å². The van der Waals surface area contributed by atoms with Gasteiger partial charge in [0.15, 0.2) is 0 Å². The molecule has 1 fully saturated rings. The summed E-state index contributed by atoms with van der Waals surface area (Å²) in [5, 5.41) is 11.3. The lowest BCUT2D eigenvalue weighted by atomic mass is 10.2. The molecule has 2 heterocycles. The molecule has 0 aromatic carbocycles. The van der Waals surface area contributed by atoms with E-state index in [1.807, 2.05) is 0 Å². The summed E-state index contributed by atoms with van der Waals surface area (Å²) in [6.45, 7) is 0.379. The zero-order valence-corrected chi connectivity index (χ0v) is 13.0. The van der Waals surface area contributed by atoms with Crippen LogP contribution in [0.15, 0.2) is 22.8 Å². The molecule has 0 saturated carbocycles. The van der Waals surface area contributed by atoms with E-state index in [1.165, 1.54) is 17.2 Å². The van der Waals surface area contributed by atoms with E-state index in [0.717, 1.165) is 19.3 Å². The van der Waals surface area contributed by atoms with E-state index in [2.05, 4.69) is 0 Å². The van der Waals surface area contributed by atoms with Crippen molar-refractivity contribution in [2.75, 3.05) is 12.8 Å². The second-order valence-corrected chi connectivity index (χ2v) is 7.90. The quantitative estimate of drug-likeness (QED) is 0.764. The SMILES string of the molecule is O=C([O-])[C@@H](Cc1ccco1)P(=O)(O)CN1CCCCCC1=O. The number of amides is 1. The van der Waals surface area contributed by atoms with Gasteiger partial charge in [-0.15, -0.1) is 0 Å². The molecule has 2 rings (SSSR count). The van der Waals surface area contributed by atoms with Crippen molar-refractivity contribution in [3.05, 3.63) is 24.2 Å². The van der Waals surface area contributed by atoms with Crippen LogP contribution in [0.4, 0.5) is 0 Å². The van der Waals surface area contributed by atoms with Gasteiger partial charge in [0.2, 0.25) is 13.3 Å². The molecular formula is C14H19NO6P-. The van der Waals surface area contributed by atoms with Crippen LogP contribution >= 0.6 is 7.37 Å². The summed E-state index contributed by atoms with van der Waals surface area (Å²) in [4.78, 5) is 34.7. The third kappa shape index (κ3) is 4.21. The van der Waals surface area contributed by atoms with Gasteiger partial charge in [0.05, 0.1) is 24.2 Å². The molecule has 2 atom stereocenters. The number of carbonyl (C=O) groups excluding carboxylic acids is 2. The molecule has 1 amide bonds. The first-order valence-electron chi connectivity index (χ1n) is 7.22. The number of furan rings is 1. The molecule has 22 heavy (non-hydrogen) atoms. The number of carbonyl (C=O) groups is 2. The van der Waals surface area contributed by atoms with E-state index in [9.17, 15) is 24.2 Å². The van der Waals surface area contributed by atoms with Crippen molar-refractivity contribution in [1.29, 1.82) is 0 Å². The fraction of sp³-hybridized carbons (Fsp3) is 0.571. The van der Waals surface area contributed by atoms with Gasteiger partial charge in [-0.2, -0.15) is 0 Å². The Morgan fingerprint density at radius 3 is 2.86 bits per heavy atom. The number of hydrogen-bond acceptors (Lipinski definition) is 5. The lowest BCUT2D eigenvalue weighted by Crippen LogP contribution is -2.40. The van der Waals surface area contributed by atoms with E-state index in [4.69, 9.17) is 4.42 Å². The highest BCUT2D eigenvalue weighted by molar-refractivity contribution is 7.59. The highest BCUT2D eigenvalue weighted by atomic mass is 31.2. The van der Waals surface area contributed by atoms with Crippen LogP contribution in [0.3, 0.4) is 0 Å². The second-order valence-electron chi connectivity index (χ2n) is 5.48. The van der Waals surface area contributed by atoms with Crippen molar-refractivity contribution in [3.8, 4) is 0 Å². The number of aliphatic carboxylic acids is 1. The minimum Gasteiger partial charge on any atom is -0.549 e. The van der Waals surface area contributed by atoms with Crippen LogP contribution in [-0.2, 0) is 20.6 Å². The van der Waals surface area contributed by atoms with E-state index in [1.54, 1.807) is 6.07 Å². The summed E-state index contributed by atoms with van der Waals surface area (Å²) in [6.07, 6.45) is 3.39. The van der Waals surface area contributed by atoms with E-state index >= 15 is 0 Å². The molecule has 0 radical (unpaired) electrons. The summed E-state index contributed by atoms with van der Waals surface area (Å²) in [7, 11) is -4.14. The molecule has 122 valence electrons. The topological polar surface area (TPSA) is 111 Å². The summed E-state index contributed by atoms with van der Waals surface area (Å²) >= 11 is 0. The monoisotopic (exact) mass is 328 g/mol. The van der Waals surface area contributed by atoms with Crippen molar-refractivity contribution >= 4 is 19.2 Å². The van der Waals surface area contributed by atoms with E-state index in [-0.39, 0.29) is 12.3 Å². The molecule has 1 aliphatic rings. The second kappa shape index (κ2) is 7.11. The van der Waals surface area contributed by atoms with Gasteiger partial charge < -0.3 is 24.1 Å². The molecule has 1 aliphatic heterocycles. The third-order valence-electron chi connectivity index (χ3n) is 3.78. The Hall–Kier alpha value is -1.59. The van der Waals surface area contributed by atoms with Crippen molar-refractivity contribution in [3.63, 3.8) is 0 Å². The lowest BCUT2D eigenvalue weighted by molar-refractivity contribution is -0.305. The van der Waals surface area contributed by atoms with Gasteiger partial charge in [0.1, 0.15) is 5.76 Å². The predicted octanol–water partition coefficient (Wildman–Crippen LogP) is 0.571. The van der Waals surface area contributed by atoms with Gasteiger partial charge in [-0.3, -0.25) is 9.36 Å². The maximum atomic E-state index is 12.5. The fourth-order valence-corrected chi connectivity index (χ4v) is 4.32. The van der Waals surface area contributed by atoms with Crippen LogP contribution in [0.25, 0.3) is 0 Å². The molecule has 0 bridgehead atoms. The Bertz CT molecular complexity index is 570. The normalized spacial score (nSPS) is 20.2. The Morgan fingerprint density at radius 1 is 1.45 bits per heavy atom. The molecule has 0 aliphatic carbocycles. The predicted molar refractivity (Wildman–Crippen MR) is 76.1 cm³/mol. The number of carboxylic acid groups (broad SMARTS) is 1. The van der Waals surface area contributed by atoms with Gasteiger partial charge in [-0.05, 0) is 25.0 Å². The number of hydrogen-bond donors (Lipinski definition) is 1. The van der Waals surface area contributed by atoms with Gasteiger partial charge >= 0.3 is 0 Å². The van der Waals surface area contributed by atoms with Gasteiger partial charge in [-0.25, -0.2) is 0 Å². The summed E-state index contributed by atoms with van der Waals surface area (Å²) in [6, 6.07) is 3.11. The fourth-order valence-electron chi connectivity index (χ4n) is 2.54. The Balaban J connectivity index is 2.12. The maximum Gasteiger partial charge on any atom is 0.228 e. The minimum atomic E-state index is -4.14. The molecule has 1 N–H and O–H groups in total. The minimum absolute atomic E-state index is 0.207. The molecular weight excluding hydrogens is 309 g/mol. The van der Waals surface area contributed by atoms with Crippen molar-refractivity contribution in [1.82, 2.24) is 4.90 Å². The average molecular weight is 328 g/mol. The lowest BCUT2D eigenvalue weighted by Gasteiger charge is -2.29. The third-order valence-corrected chi connectivity index (χ3v) is 5.89. The highest BCUT2D eigenvalue weighted by Crippen LogP contribution is 2.48. The summed E-state index contributed by atoms with van der Waals surface area (Å²) in [5.74, 6) is -1.52. The zero-order valence-electron chi connectivity index (χ0n) is 12.1. The molecule has 1 aromatic rings. The molecule has 1 saturated heterocycles. The van der Waals surface area contributed by atoms with E-state index < -0.39 is 25.3 Å². The van der Waals surface area contributed by atoms with Gasteiger partial charge in [0, 0.05) is 19.4 Å². The number of carboxylic acids is 1. The largest absolute Gasteiger partial charge is 0.549 e. The maximum absolute atomic E-state index is 12.5. The van der Waals surface area contributed by atoms with E-state index in [0.29, 0.717) is 18.7 Å². The van der Waals surface area contributed by atoms with Crippen LogP contribution in [0, 0.1) is 0 Å². The summed E-state index contributed by atoms with van der Waals surface area (Å²) < 4.78 is 17.5. The molecule has 7 nitrogen and oxygen atoms in total. The standard InChI is InChI=1S/C14H20NO6P/c16-13-6-2-1-3-7-15(13)10-22(19,20)12(14(17)18)9-11-5-4-8-21-11/h4-5,8,12H,1-3,6-7,9-10H2,(H,17,18)(H,19,20)/p-1/t12-/m1/s1. The van der Waals surface area contributed by atoms with Crippen LogP contribution in [0.5, 0.6) is 0 Å². The Kier molecular flexibility index (Phi) is 5.42. The summed E-state index contributed by atoms with van der Waals surface area (Å²) in [5.41, 5.74) is -1.59. The molecule has 0 spiro atoms. The van der Waals surface area contributed by atoms with Crippen LogP contribution in [0.1, 0.15) is 31.4 Å². The number of likely N-dealkylation sites (tertiary alicyclic amines) is 1. The molecule has 1 unspecified atom stereocenters. The average Bonchev–Trinajstić information content (AvgIpc) is 2.88. The van der Waals surface area contributed by atoms with Crippen molar-refractivity contribution in [2.24, 2.45) is 0 Å². The van der Waals surface area contributed by atoms with Crippen LogP contribution < -0.4 is 5.11 Å². The first-order chi connectivity index (χ1) is 10.4. The number of rotatable bonds is 6. The van der Waals surface area contributed by atoms with Crippen LogP contribution in [0.2, 0.25) is 0 Å². The Morgan fingerprint density at radius 2 is 2.23 bits per heavy atom. The van der Waals surface area contributed by atoms with Crippen LogP contribution in [-0.4, -0.2) is 40.2 Å². The smallest absolute Gasteiger partial charge is 0.228 e. The highest BCUT2D eigenvalue weighted by Gasteiger charge is 2.36. The van der Waals surface area contributed by atoms with Crippen molar-refractivity contribution < 1.29 is 28.6 Å². The zero-order chi connectivity index (χ0) is 16.2. The van der Waals surface area contributed by atoms with Gasteiger partial charge in [0.25, 0.3) is 0 Å².